The van der Waals surface area contributed by atoms with Crippen LogP contribution in [0.5, 0.6) is 5.88 Å². The molecule has 0 radical (unpaired) electrons. The van der Waals surface area contributed by atoms with Crippen molar-refractivity contribution in [1.82, 2.24) is 19.4 Å². The van der Waals surface area contributed by atoms with Crippen LogP contribution in [-0.4, -0.2) is 56.5 Å². The largest absolute Gasteiger partial charge is 0.481 e. The second-order valence-electron chi connectivity index (χ2n) is 12.6. The number of hydrogen-bond donors (Lipinski definition) is 2. The fourth-order valence-corrected chi connectivity index (χ4v) is 7.62. The number of hydrogen-bond acceptors (Lipinski definition) is 7. The Morgan fingerprint density at radius 2 is 1.17 bits per heavy atom. The van der Waals surface area contributed by atoms with Gasteiger partial charge in [0.2, 0.25) is 25.9 Å². The highest BCUT2D eigenvalue weighted by Gasteiger charge is 2.28. The number of methoxy groups -OCH3 is 1. The lowest BCUT2D eigenvalue weighted by atomic mass is 10.0. The molecular weight excluding hydrogens is 656 g/mol. The van der Waals surface area contributed by atoms with Crippen LogP contribution in [0.2, 0.25) is 5.02 Å². The van der Waals surface area contributed by atoms with E-state index in [9.17, 15) is 16.8 Å². The molecule has 12 heteroatoms. The quantitative estimate of drug-likeness (QED) is 0.228. The van der Waals surface area contributed by atoms with Gasteiger partial charge in [0.1, 0.15) is 0 Å². The minimum absolute atomic E-state index is 0.0587. The SMILES string of the molecule is CC(C)S(=O)(=O)NC1Cc2ccc(-c3ccc(Cl)cn3)cc2C1.COc1ccc(-c2ccc3c(c2)CC(NS(=O)(=O)C(C)C)C3)cn1. The minimum atomic E-state index is -3.24. The van der Waals surface area contributed by atoms with E-state index in [0.717, 1.165) is 41.6 Å². The van der Waals surface area contributed by atoms with Gasteiger partial charge in [-0.25, -0.2) is 31.3 Å². The van der Waals surface area contributed by atoms with Gasteiger partial charge in [0, 0.05) is 41.7 Å². The molecule has 0 bridgehead atoms. The fraction of sp³-hybridized carbons (Fsp3) is 0.371. The van der Waals surface area contributed by atoms with Crippen LogP contribution in [0.1, 0.15) is 49.9 Å². The zero-order valence-corrected chi connectivity index (χ0v) is 29.6. The number of sulfonamides is 2. The fourth-order valence-electron chi connectivity index (χ4n) is 5.70. The standard InChI is InChI=1S/C18H22N2O3S.C17H19ClN2O2S/c1-12(2)24(21,22)20-17-9-14-5-4-13(8-16(14)10-17)15-6-7-18(23-3)19-11-15;1-11(2)23(21,22)20-16-8-12-3-4-13(7-14(12)9-16)17-6-5-15(18)10-19-17/h4-8,11-12,17,20H,9-10H2,1-3H3;3-7,10-11,16,20H,8-9H2,1-2H3. The second kappa shape index (κ2) is 14.4. The zero-order chi connectivity index (χ0) is 33.9. The second-order valence-corrected chi connectivity index (χ2v) is 17.5. The molecular formula is C35H41ClN4O5S2. The van der Waals surface area contributed by atoms with Gasteiger partial charge in [-0.15, -0.1) is 0 Å². The van der Waals surface area contributed by atoms with E-state index >= 15 is 0 Å². The van der Waals surface area contributed by atoms with Crippen LogP contribution in [0.15, 0.2) is 73.1 Å². The molecule has 250 valence electrons. The molecule has 2 aliphatic rings. The van der Waals surface area contributed by atoms with Crippen molar-refractivity contribution in [2.24, 2.45) is 0 Å². The summed E-state index contributed by atoms with van der Waals surface area (Å²) in [7, 11) is -4.89. The van der Waals surface area contributed by atoms with Crippen molar-refractivity contribution in [1.29, 1.82) is 0 Å². The van der Waals surface area contributed by atoms with Gasteiger partial charge < -0.3 is 4.74 Å². The average molecular weight is 697 g/mol. The van der Waals surface area contributed by atoms with Gasteiger partial charge in [-0.05, 0) is 105 Å². The van der Waals surface area contributed by atoms with Gasteiger partial charge in [0.25, 0.3) is 0 Å². The number of nitrogens with one attached hydrogen (secondary N) is 2. The lowest BCUT2D eigenvalue weighted by Crippen LogP contribution is -2.39. The molecule has 47 heavy (non-hydrogen) atoms. The summed E-state index contributed by atoms with van der Waals surface area (Å²) in [6.45, 7) is 6.77. The number of nitrogens with zero attached hydrogens (tertiary/aromatic N) is 2. The van der Waals surface area contributed by atoms with E-state index in [2.05, 4.69) is 49.7 Å². The molecule has 2 N–H and O–H groups in total. The molecule has 2 unspecified atom stereocenters. The third kappa shape index (κ3) is 8.58. The normalized spacial score (nSPS) is 17.3. The Balaban J connectivity index is 0.000000185. The van der Waals surface area contributed by atoms with Crippen molar-refractivity contribution in [3.05, 3.63) is 100 Å². The number of ether oxygens (including phenoxy) is 1. The topological polar surface area (TPSA) is 127 Å². The number of pyridine rings is 2. The first-order valence-electron chi connectivity index (χ1n) is 15.6. The molecule has 2 aliphatic carbocycles. The van der Waals surface area contributed by atoms with E-state index in [1.165, 1.54) is 22.3 Å². The Morgan fingerprint density at radius 3 is 1.64 bits per heavy atom. The lowest BCUT2D eigenvalue weighted by molar-refractivity contribution is 0.398. The third-order valence-electron chi connectivity index (χ3n) is 8.48. The van der Waals surface area contributed by atoms with E-state index in [0.29, 0.717) is 17.3 Å². The van der Waals surface area contributed by atoms with Crippen LogP contribution in [0, 0.1) is 0 Å². The van der Waals surface area contributed by atoms with E-state index in [1.807, 2.05) is 30.3 Å². The maximum atomic E-state index is 12.1. The first-order valence-corrected chi connectivity index (χ1v) is 19.1. The molecule has 0 saturated carbocycles. The Hall–Kier alpha value is -3.35. The van der Waals surface area contributed by atoms with Crippen molar-refractivity contribution in [2.75, 3.05) is 7.11 Å². The summed E-state index contributed by atoms with van der Waals surface area (Å²) in [4.78, 5) is 8.57. The lowest BCUT2D eigenvalue weighted by Gasteiger charge is -2.14. The summed E-state index contributed by atoms with van der Waals surface area (Å²) in [6, 6.07) is 19.8. The van der Waals surface area contributed by atoms with Crippen molar-refractivity contribution in [2.45, 2.75) is 76.0 Å². The van der Waals surface area contributed by atoms with Crippen LogP contribution in [0.4, 0.5) is 0 Å². The maximum absolute atomic E-state index is 12.1. The van der Waals surface area contributed by atoms with E-state index in [-0.39, 0.29) is 12.1 Å². The molecule has 0 aliphatic heterocycles. The Kier molecular flexibility index (Phi) is 10.7. The summed E-state index contributed by atoms with van der Waals surface area (Å²) < 4.78 is 58.9. The van der Waals surface area contributed by atoms with Crippen molar-refractivity contribution >= 4 is 31.6 Å². The van der Waals surface area contributed by atoms with Crippen LogP contribution in [-0.2, 0) is 45.7 Å². The molecule has 0 spiro atoms. The van der Waals surface area contributed by atoms with Gasteiger partial charge >= 0.3 is 0 Å². The molecule has 0 saturated heterocycles. The van der Waals surface area contributed by atoms with Gasteiger partial charge in [-0.3, -0.25) is 4.98 Å². The molecule has 9 nitrogen and oxygen atoms in total. The number of halogens is 1. The highest BCUT2D eigenvalue weighted by atomic mass is 35.5. The van der Waals surface area contributed by atoms with Gasteiger partial charge in [-0.2, -0.15) is 0 Å². The van der Waals surface area contributed by atoms with Crippen LogP contribution >= 0.6 is 11.6 Å². The molecule has 2 atom stereocenters. The summed E-state index contributed by atoms with van der Waals surface area (Å²) in [5.41, 5.74) is 8.75. The van der Waals surface area contributed by atoms with Gasteiger partial charge in [-0.1, -0.05) is 41.9 Å². The predicted molar refractivity (Wildman–Crippen MR) is 188 cm³/mol. The van der Waals surface area contributed by atoms with E-state index in [1.54, 1.807) is 47.2 Å². The smallest absolute Gasteiger partial charge is 0.214 e. The van der Waals surface area contributed by atoms with Gasteiger partial charge in [0.05, 0.1) is 28.3 Å². The Labute approximate surface area is 283 Å². The Bertz CT molecular complexity index is 1930. The number of aromatic nitrogens is 2. The molecule has 4 aromatic rings. The minimum Gasteiger partial charge on any atom is -0.481 e. The molecule has 0 fully saturated rings. The monoisotopic (exact) mass is 696 g/mol. The van der Waals surface area contributed by atoms with E-state index < -0.39 is 30.5 Å². The van der Waals surface area contributed by atoms with Crippen LogP contribution < -0.4 is 14.2 Å². The number of fused-ring (bicyclic) bond motifs is 2. The average Bonchev–Trinajstić information content (AvgIpc) is 3.62. The van der Waals surface area contributed by atoms with Crippen molar-refractivity contribution in [3.63, 3.8) is 0 Å². The molecule has 2 aromatic heterocycles. The van der Waals surface area contributed by atoms with Crippen molar-refractivity contribution in [3.8, 4) is 28.3 Å². The van der Waals surface area contributed by atoms with Crippen LogP contribution in [0.25, 0.3) is 22.4 Å². The third-order valence-corrected chi connectivity index (χ3v) is 12.5. The number of benzene rings is 2. The summed E-state index contributed by atoms with van der Waals surface area (Å²) in [5, 5.41) is -0.222. The number of rotatable bonds is 9. The molecule has 2 aromatic carbocycles. The predicted octanol–water partition coefficient (Wildman–Crippen LogP) is 5.75. The zero-order valence-electron chi connectivity index (χ0n) is 27.2. The van der Waals surface area contributed by atoms with Crippen molar-refractivity contribution < 1.29 is 21.6 Å². The Morgan fingerprint density at radius 1 is 0.660 bits per heavy atom. The molecule has 0 amide bonds. The maximum Gasteiger partial charge on any atom is 0.214 e. The van der Waals surface area contributed by atoms with Crippen LogP contribution in [0.3, 0.4) is 0 Å². The highest BCUT2D eigenvalue weighted by molar-refractivity contribution is 7.90. The van der Waals surface area contributed by atoms with E-state index in [4.69, 9.17) is 16.3 Å². The first kappa shape index (κ1) is 35.0. The van der Waals surface area contributed by atoms with Gasteiger partial charge in [0.15, 0.2) is 0 Å². The first-order chi connectivity index (χ1) is 22.2. The molecule has 2 heterocycles. The summed E-state index contributed by atoms with van der Waals surface area (Å²) >= 11 is 5.87. The highest BCUT2D eigenvalue weighted by Crippen LogP contribution is 2.30. The summed E-state index contributed by atoms with van der Waals surface area (Å²) in [5.74, 6) is 0.586. The summed E-state index contributed by atoms with van der Waals surface area (Å²) in [6.07, 6.45) is 6.32. The molecule has 6 rings (SSSR count).